The van der Waals surface area contributed by atoms with Crippen molar-refractivity contribution < 1.29 is 24.8 Å². The summed E-state index contributed by atoms with van der Waals surface area (Å²) in [6, 6.07) is 0. The van der Waals surface area contributed by atoms with Gasteiger partial charge in [0, 0.05) is 6.61 Å². The molecule has 0 amide bonds. The van der Waals surface area contributed by atoms with Crippen molar-refractivity contribution in [2.75, 3.05) is 19.8 Å². The first-order valence-electron chi connectivity index (χ1n) is 11.0. The van der Waals surface area contributed by atoms with Gasteiger partial charge in [-0.1, -0.05) is 69.9 Å². The third kappa shape index (κ3) is 11.9. The van der Waals surface area contributed by atoms with Gasteiger partial charge in [0.05, 0.1) is 13.2 Å². The molecule has 0 aromatic heterocycles. The number of hydrogen-bond acceptors (Lipinski definition) is 5. The lowest BCUT2D eigenvalue weighted by Crippen LogP contribution is -2.54. The summed E-state index contributed by atoms with van der Waals surface area (Å²) in [6.07, 6.45) is 16.1. The Bertz CT molecular complexity index is 361. The number of hydrogen-bond donors (Lipinski definition) is 3. The molecule has 1 heterocycles. The fourth-order valence-corrected chi connectivity index (χ4v) is 3.44. The van der Waals surface area contributed by atoms with Gasteiger partial charge in [-0.05, 0) is 26.2 Å². The predicted molar refractivity (Wildman–Crippen MR) is 109 cm³/mol. The lowest BCUT2D eigenvalue weighted by molar-refractivity contribution is -0.199. The molecular formula is C22H42O5. The summed E-state index contributed by atoms with van der Waals surface area (Å²) in [4.78, 5) is 0. The normalized spacial score (nSPS) is 26.1. The van der Waals surface area contributed by atoms with Gasteiger partial charge in [0.15, 0.2) is 0 Å². The van der Waals surface area contributed by atoms with Gasteiger partial charge in [0.2, 0.25) is 0 Å². The van der Waals surface area contributed by atoms with Crippen LogP contribution in [0.4, 0.5) is 0 Å². The molecule has 0 aliphatic carbocycles. The molecule has 0 aromatic rings. The minimum Gasteiger partial charge on any atom is -0.388 e. The van der Waals surface area contributed by atoms with Crippen LogP contribution in [-0.2, 0) is 9.47 Å². The molecule has 1 rings (SSSR count). The Morgan fingerprint density at radius 2 is 1.37 bits per heavy atom. The molecule has 1 aliphatic rings. The van der Waals surface area contributed by atoms with Crippen molar-refractivity contribution in [3.63, 3.8) is 0 Å². The zero-order chi connectivity index (χ0) is 19.7. The maximum absolute atomic E-state index is 9.82. The summed E-state index contributed by atoms with van der Waals surface area (Å²) < 4.78 is 10.9. The molecule has 1 fully saturated rings. The monoisotopic (exact) mass is 386 g/mol. The van der Waals surface area contributed by atoms with Gasteiger partial charge in [-0.15, -0.1) is 0 Å². The summed E-state index contributed by atoms with van der Waals surface area (Å²) in [7, 11) is 0. The Kier molecular flexibility index (Phi) is 15.0. The number of rotatable bonds is 16. The van der Waals surface area contributed by atoms with Crippen molar-refractivity contribution in [2.45, 2.75) is 108 Å². The quantitative estimate of drug-likeness (QED) is 0.278. The van der Waals surface area contributed by atoms with Gasteiger partial charge < -0.3 is 24.8 Å². The van der Waals surface area contributed by atoms with Crippen LogP contribution in [0.2, 0.25) is 0 Å². The molecule has 0 spiro atoms. The van der Waals surface area contributed by atoms with Crippen molar-refractivity contribution in [3.8, 4) is 0 Å². The lowest BCUT2D eigenvalue weighted by atomic mass is 10.0. The van der Waals surface area contributed by atoms with Crippen molar-refractivity contribution in [3.05, 3.63) is 12.2 Å². The second-order valence-electron chi connectivity index (χ2n) is 7.74. The molecule has 1 saturated heterocycles. The van der Waals surface area contributed by atoms with Gasteiger partial charge >= 0.3 is 0 Å². The molecule has 3 N–H and O–H groups in total. The summed E-state index contributed by atoms with van der Waals surface area (Å²) >= 11 is 0. The zero-order valence-electron chi connectivity index (χ0n) is 17.2. The van der Waals surface area contributed by atoms with Crippen LogP contribution >= 0.6 is 0 Å². The zero-order valence-corrected chi connectivity index (χ0v) is 17.2. The molecular weight excluding hydrogens is 344 g/mol. The van der Waals surface area contributed by atoms with Crippen molar-refractivity contribution in [1.29, 1.82) is 0 Å². The van der Waals surface area contributed by atoms with Crippen LogP contribution in [0, 0.1) is 0 Å². The van der Waals surface area contributed by atoms with Crippen LogP contribution in [0.1, 0.15) is 84.0 Å². The van der Waals surface area contributed by atoms with Gasteiger partial charge in [0.25, 0.3) is 0 Å². The summed E-state index contributed by atoms with van der Waals surface area (Å²) in [6.45, 7) is 3.05. The van der Waals surface area contributed by atoms with Crippen molar-refractivity contribution in [2.24, 2.45) is 0 Å². The van der Waals surface area contributed by atoms with Crippen LogP contribution < -0.4 is 0 Å². The minimum absolute atomic E-state index is 0.0441. The number of aliphatic hydroxyl groups is 3. The largest absolute Gasteiger partial charge is 0.388 e. The first-order valence-corrected chi connectivity index (χ1v) is 11.0. The van der Waals surface area contributed by atoms with Gasteiger partial charge in [-0.25, -0.2) is 0 Å². The van der Waals surface area contributed by atoms with Gasteiger partial charge in [0.1, 0.15) is 24.4 Å². The van der Waals surface area contributed by atoms with Gasteiger partial charge in [-0.2, -0.15) is 0 Å². The summed E-state index contributed by atoms with van der Waals surface area (Å²) in [5, 5.41) is 28.8. The molecule has 4 atom stereocenters. The molecule has 0 unspecified atom stereocenters. The van der Waals surface area contributed by atoms with Crippen LogP contribution in [0.25, 0.3) is 0 Å². The fourth-order valence-electron chi connectivity index (χ4n) is 3.44. The molecule has 0 saturated carbocycles. The highest BCUT2D eigenvalue weighted by molar-refractivity contribution is 4.86. The molecule has 160 valence electrons. The molecule has 0 radical (unpaired) electrons. The molecule has 5 heteroatoms. The van der Waals surface area contributed by atoms with E-state index in [2.05, 4.69) is 19.1 Å². The van der Waals surface area contributed by atoms with E-state index in [1.54, 1.807) is 0 Å². The van der Waals surface area contributed by atoms with E-state index in [0.717, 1.165) is 6.42 Å². The molecule has 5 nitrogen and oxygen atoms in total. The average Bonchev–Trinajstić information content (AvgIpc) is 2.67. The van der Waals surface area contributed by atoms with E-state index < -0.39 is 24.4 Å². The fraction of sp³-hybridized carbons (Fsp3) is 0.909. The van der Waals surface area contributed by atoms with Crippen LogP contribution in [0.15, 0.2) is 12.2 Å². The third-order valence-corrected chi connectivity index (χ3v) is 5.28. The Morgan fingerprint density at radius 3 is 1.96 bits per heavy atom. The van der Waals surface area contributed by atoms with E-state index in [1.165, 1.54) is 70.6 Å². The Morgan fingerprint density at radius 1 is 0.815 bits per heavy atom. The lowest BCUT2D eigenvalue weighted by Gasteiger charge is -2.35. The van der Waals surface area contributed by atoms with E-state index in [9.17, 15) is 15.3 Å². The Hall–Kier alpha value is -0.460. The molecule has 27 heavy (non-hydrogen) atoms. The molecule has 0 bridgehead atoms. The van der Waals surface area contributed by atoms with Crippen LogP contribution in [-0.4, -0.2) is 59.6 Å². The molecule has 0 aromatic carbocycles. The average molecular weight is 387 g/mol. The highest BCUT2D eigenvalue weighted by atomic mass is 16.6. The SMILES string of the molecule is C/C=C/CCCCCCCCCCCCCOC[C@H]1OC[C@H](O)[C@@H](O)[C@@H]1O. The van der Waals surface area contributed by atoms with Gasteiger partial charge in [-0.3, -0.25) is 0 Å². The number of ether oxygens (including phenoxy) is 2. The van der Waals surface area contributed by atoms with E-state index >= 15 is 0 Å². The van der Waals surface area contributed by atoms with E-state index in [4.69, 9.17) is 9.47 Å². The number of aliphatic hydroxyl groups excluding tert-OH is 3. The standard InChI is InChI=1S/C22H42O5/c1-2-3-4-5-6-7-8-9-10-11-12-13-14-15-16-26-18-20-22(25)21(24)19(23)17-27-20/h2-3,19-25H,4-18H2,1H3/b3-2+/t19-,20+,21+,22+/m0/s1. The van der Waals surface area contributed by atoms with Crippen LogP contribution in [0.3, 0.4) is 0 Å². The summed E-state index contributed by atoms with van der Waals surface area (Å²) in [5.41, 5.74) is 0. The second kappa shape index (κ2) is 16.5. The van der Waals surface area contributed by atoms with Crippen LogP contribution in [0.5, 0.6) is 0 Å². The first kappa shape index (κ1) is 24.6. The smallest absolute Gasteiger partial charge is 0.111 e. The maximum atomic E-state index is 9.82. The number of unbranched alkanes of at least 4 members (excludes halogenated alkanes) is 11. The topological polar surface area (TPSA) is 79.2 Å². The van der Waals surface area contributed by atoms with E-state index in [0.29, 0.717) is 6.61 Å². The highest BCUT2D eigenvalue weighted by Gasteiger charge is 2.37. The highest BCUT2D eigenvalue weighted by Crippen LogP contribution is 2.16. The van der Waals surface area contributed by atoms with E-state index in [-0.39, 0.29) is 13.2 Å². The van der Waals surface area contributed by atoms with E-state index in [1.807, 2.05) is 0 Å². The Balaban J connectivity index is 1.79. The second-order valence-corrected chi connectivity index (χ2v) is 7.74. The maximum Gasteiger partial charge on any atom is 0.111 e. The minimum atomic E-state index is -1.15. The predicted octanol–water partition coefficient (Wildman–Crippen LogP) is 3.74. The van der Waals surface area contributed by atoms with Crippen molar-refractivity contribution in [1.82, 2.24) is 0 Å². The molecule has 1 aliphatic heterocycles. The first-order chi connectivity index (χ1) is 13.2. The summed E-state index contributed by atoms with van der Waals surface area (Å²) in [5.74, 6) is 0. The number of allylic oxidation sites excluding steroid dienone is 2. The van der Waals surface area contributed by atoms with Crippen molar-refractivity contribution >= 4 is 0 Å². The Labute approximate surface area is 165 Å². The third-order valence-electron chi connectivity index (χ3n) is 5.28.